The van der Waals surface area contributed by atoms with Crippen LogP contribution in [0.3, 0.4) is 0 Å². The molecule has 0 saturated carbocycles. The quantitative estimate of drug-likeness (QED) is 0.744. The fourth-order valence-corrected chi connectivity index (χ4v) is 3.26. The standard InChI is InChI=1S/C11H17ClN2O2S/c1-3-14(17(15,16)8-7-12)9-11-6-4-5-10(2)13-11/h4-6H,3,7-9H2,1-2H3. The summed E-state index contributed by atoms with van der Waals surface area (Å²) in [5, 5.41) is 0. The van der Waals surface area contributed by atoms with Gasteiger partial charge in [0.05, 0.1) is 18.0 Å². The second-order valence-corrected chi connectivity index (χ2v) is 6.17. The highest BCUT2D eigenvalue weighted by atomic mass is 35.5. The minimum Gasteiger partial charge on any atom is -0.257 e. The number of rotatable bonds is 6. The summed E-state index contributed by atoms with van der Waals surface area (Å²) in [5.74, 6) is 0.0777. The summed E-state index contributed by atoms with van der Waals surface area (Å²) in [6.45, 7) is 4.42. The van der Waals surface area contributed by atoms with Gasteiger partial charge < -0.3 is 0 Å². The van der Waals surface area contributed by atoms with Gasteiger partial charge in [0.25, 0.3) is 0 Å². The predicted octanol–water partition coefficient (Wildman–Crippen LogP) is 1.78. The molecule has 0 aliphatic heterocycles. The molecule has 0 fully saturated rings. The van der Waals surface area contributed by atoms with E-state index >= 15 is 0 Å². The molecule has 6 heteroatoms. The number of halogens is 1. The van der Waals surface area contributed by atoms with Crippen molar-refractivity contribution in [1.82, 2.24) is 9.29 Å². The summed E-state index contributed by atoms with van der Waals surface area (Å²) in [6, 6.07) is 5.58. The van der Waals surface area contributed by atoms with E-state index < -0.39 is 10.0 Å². The van der Waals surface area contributed by atoms with Crippen molar-refractivity contribution < 1.29 is 8.42 Å². The van der Waals surface area contributed by atoms with Crippen LogP contribution in [-0.4, -0.2) is 35.9 Å². The van der Waals surface area contributed by atoms with Crippen molar-refractivity contribution in [3.05, 3.63) is 29.6 Å². The van der Waals surface area contributed by atoms with E-state index in [4.69, 9.17) is 11.6 Å². The SMILES string of the molecule is CCN(Cc1cccc(C)n1)S(=O)(=O)CCCl. The maximum absolute atomic E-state index is 11.9. The Morgan fingerprint density at radius 3 is 2.65 bits per heavy atom. The summed E-state index contributed by atoms with van der Waals surface area (Å²) < 4.78 is 25.1. The first-order valence-electron chi connectivity index (χ1n) is 5.46. The van der Waals surface area contributed by atoms with E-state index in [1.54, 1.807) is 0 Å². The Balaban J connectivity index is 2.84. The maximum atomic E-state index is 11.9. The van der Waals surface area contributed by atoms with Gasteiger partial charge >= 0.3 is 0 Å². The van der Waals surface area contributed by atoms with Gasteiger partial charge in [-0.15, -0.1) is 11.6 Å². The molecule has 0 saturated heterocycles. The van der Waals surface area contributed by atoms with Crippen LogP contribution in [0.4, 0.5) is 0 Å². The first kappa shape index (κ1) is 14.4. The summed E-state index contributed by atoms with van der Waals surface area (Å²) in [6.07, 6.45) is 0. The van der Waals surface area contributed by atoms with Gasteiger partial charge in [-0.25, -0.2) is 8.42 Å². The zero-order chi connectivity index (χ0) is 12.9. The van der Waals surface area contributed by atoms with E-state index in [0.29, 0.717) is 13.1 Å². The van der Waals surface area contributed by atoms with Gasteiger partial charge in [-0.3, -0.25) is 4.98 Å². The topological polar surface area (TPSA) is 50.3 Å². The lowest BCUT2D eigenvalue weighted by Crippen LogP contribution is -2.33. The molecule has 4 nitrogen and oxygen atoms in total. The normalized spacial score (nSPS) is 12.0. The van der Waals surface area contributed by atoms with Gasteiger partial charge in [0.2, 0.25) is 10.0 Å². The van der Waals surface area contributed by atoms with Crippen molar-refractivity contribution >= 4 is 21.6 Å². The number of hydrogen-bond donors (Lipinski definition) is 0. The molecule has 0 bridgehead atoms. The average molecular weight is 277 g/mol. The third-order valence-electron chi connectivity index (χ3n) is 2.37. The van der Waals surface area contributed by atoms with Crippen LogP contribution >= 0.6 is 11.6 Å². The Morgan fingerprint density at radius 1 is 1.41 bits per heavy atom. The lowest BCUT2D eigenvalue weighted by atomic mass is 10.3. The van der Waals surface area contributed by atoms with Crippen molar-refractivity contribution in [2.75, 3.05) is 18.2 Å². The van der Waals surface area contributed by atoms with Gasteiger partial charge in [0, 0.05) is 18.1 Å². The third kappa shape index (κ3) is 4.26. The second-order valence-electron chi connectivity index (χ2n) is 3.70. The minimum atomic E-state index is -3.27. The first-order chi connectivity index (χ1) is 7.99. The number of alkyl halides is 1. The number of hydrogen-bond acceptors (Lipinski definition) is 3. The molecule has 0 aliphatic carbocycles. The smallest absolute Gasteiger partial charge is 0.215 e. The van der Waals surface area contributed by atoms with Gasteiger partial charge in [-0.2, -0.15) is 4.31 Å². The fourth-order valence-electron chi connectivity index (χ4n) is 1.50. The number of pyridine rings is 1. The van der Waals surface area contributed by atoms with Crippen molar-refractivity contribution in [1.29, 1.82) is 0 Å². The molecule has 0 unspecified atom stereocenters. The average Bonchev–Trinajstić information content (AvgIpc) is 2.25. The van der Waals surface area contributed by atoms with Crippen LogP contribution < -0.4 is 0 Å². The summed E-state index contributed by atoms with van der Waals surface area (Å²) in [4.78, 5) is 4.30. The van der Waals surface area contributed by atoms with Gasteiger partial charge in [-0.05, 0) is 19.1 Å². The largest absolute Gasteiger partial charge is 0.257 e. The van der Waals surface area contributed by atoms with E-state index in [1.165, 1.54) is 4.31 Å². The Morgan fingerprint density at radius 2 is 2.12 bits per heavy atom. The molecule has 1 aromatic rings. The van der Waals surface area contributed by atoms with Crippen LogP contribution in [0.2, 0.25) is 0 Å². The lowest BCUT2D eigenvalue weighted by molar-refractivity contribution is 0.420. The van der Waals surface area contributed by atoms with Crippen LogP contribution in [0, 0.1) is 6.92 Å². The van der Waals surface area contributed by atoms with E-state index in [9.17, 15) is 8.42 Å². The monoisotopic (exact) mass is 276 g/mol. The lowest BCUT2D eigenvalue weighted by Gasteiger charge is -2.19. The van der Waals surface area contributed by atoms with Crippen LogP contribution in [0.5, 0.6) is 0 Å². The Labute approximate surface area is 108 Å². The molecule has 0 aliphatic rings. The molecule has 17 heavy (non-hydrogen) atoms. The van der Waals surface area contributed by atoms with Crippen molar-refractivity contribution in [2.24, 2.45) is 0 Å². The van der Waals surface area contributed by atoms with Gasteiger partial charge in [-0.1, -0.05) is 13.0 Å². The first-order valence-corrected chi connectivity index (χ1v) is 7.60. The Hall–Kier alpha value is -0.650. The molecule has 96 valence electrons. The fraction of sp³-hybridized carbons (Fsp3) is 0.545. The van der Waals surface area contributed by atoms with E-state index in [1.807, 2.05) is 32.0 Å². The van der Waals surface area contributed by atoms with E-state index in [-0.39, 0.29) is 11.6 Å². The molecule has 0 radical (unpaired) electrons. The van der Waals surface area contributed by atoms with E-state index in [0.717, 1.165) is 11.4 Å². The molecule has 0 amide bonds. The summed E-state index contributed by atoms with van der Waals surface area (Å²) >= 11 is 5.49. The molecule has 1 heterocycles. The third-order valence-corrected chi connectivity index (χ3v) is 4.67. The Kier molecular flexibility index (Phi) is 5.36. The van der Waals surface area contributed by atoms with Crippen molar-refractivity contribution in [2.45, 2.75) is 20.4 Å². The number of aromatic nitrogens is 1. The zero-order valence-corrected chi connectivity index (χ0v) is 11.6. The van der Waals surface area contributed by atoms with Crippen LogP contribution in [0.15, 0.2) is 18.2 Å². The Bertz CT molecular complexity index is 462. The molecular formula is C11H17ClN2O2S. The summed E-state index contributed by atoms with van der Waals surface area (Å²) in [7, 11) is -3.27. The molecular weight excluding hydrogens is 260 g/mol. The molecule has 1 rings (SSSR count). The molecule has 0 aromatic carbocycles. The van der Waals surface area contributed by atoms with Crippen LogP contribution in [0.1, 0.15) is 18.3 Å². The molecule has 0 N–H and O–H groups in total. The van der Waals surface area contributed by atoms with Crippen LogP contribution in [-0.2, 0) is 16.6 Å². The molecule has 0 spiro atoms. The summed E-state index contributed by atoms with van der Waals surface area (Å²) in [5.41, 5.74) is 1.64. The highest BCUT2D eigenvalue weighted by Crippen LogP contribution is 2.09. The second kappa shape index (κ2) is 6.33. The highest BCUT2D eigenvalue weighted by Gasteiger charge is 2.20. The zero-order valence-electron chi connectivity index (χ0n) is 10.1. The predicted molar refractivity (Wildman–Crippen MR) is 69.6 cm³/mol. The maximum Gasteiger partial charge on any atom is 0.215 e. The minimum absolute atomic E-state index is 0.0335. The van der Waals surface area contributed by atoms with E-state index in [2.05, 4.69) is 4.98 Å². The number of nitrogens with zero attached hydrogens (tertiary/aromatic N) is 2. The number of aryl methyl sites for hydroxylation is 1. The van der Waals surface area contributed by atoms with Crippen molar-refractivity contribution in [3.8, 4) is 0 Å². The van der Waals surface area contributed by atoms with Crippen LogP contribution in [0.25, 0.3) is 0 Å². The molecule has 1 aromatic heterocycles. The molecule has 0 atom stereocenters. The van der Waals surface area contributed by atoms with Crippen molar-refractivity contribution in [3.63, 3.8) is 0 Å². The highest BCUT2D eigenvalue weighted by molar-refractivity contribution is 7.89. The van der Waals surface area contributed by atoms with Gasteiger partial charge in [0.15, 0.2) is 0 Å². The van der Waals surface area contributed by atoms with Gasteiger partial charge in [0.1, 0.15) is 0 Å². The number of sulfonamides is 1.